The van der Waals surface area contributed by atoms with Gasteiger partial charge in [-0.2, -0.15) is 0 Å². The third-order valence-corrected chi connectivity index (χ3v) is 4.12. The molecule has 0 aliphatic heterocycles. The summed E-state index contributed by atoms with van der Waals surface area (Å²) in [4.78, 5) is 4.30. The van der Waals surface area contributed by atoms with Crippen LogP contribution in [0.25, 0.3) is 0 Å². The summed E-state index contributed by atoms with van der Waals surface area (Å²) in [5, 5.41) is 12.8. The first-order valence-electron chi connectivity index (χ1n) is 5.58. The van der Waals surface area contributed by atoms with E-state index in [0.717, 1.165) is 28.7 Å². The van der Waals surface area contributed by atoms with E-state index in [0.29, 0.717) is 0 Å². The fourth-order valence-electron chi connectivity index (χ4n) is 1.57. The summed E-state index contributed by atoms with van der Waals surface area (Å²) < 4.78 is 0.967. The second kappa shape index (κ2) is 5.64. The number of pyridine rings is 1. The van der Waals surface area contributed by atoms with Gasteiger partial charge in [0.05, 0.1) is 16.6 Å². The Morgan fingerprint density at radius 1 is 1.44 bits per heavy atom. The molecule has 1 aromatic heterocycles. The Kier molecular flexibility index (Phi) is 4.74. The van der Waals surface area contributed by atoms with E-state index in [-0.39, 0.29) is 12.1 Å². The largest absolute Gasteiger partial charge is 0.394 e. The van der Waals surface area contributed by atoms with Crippen molar-refractivity contribution < 1.29 is 5.11 Å². The van der Waals surface area contributed by atoms with Crippen molar-refractivity contribution in [2.75, 3.05) is 11.9 Å². The van der Waals surface area contributed by atoms with Gasteiger partial charge in [-0.15, -0.1) is 0 Å². The number of aromatic nitrogens is 1. The molecule has 1 heterocycles. The Hall–Kier alpha value is -0.610. The quantitative estimate of drug-likeness (QED) is 0.874. The highest BCUT2D eigenvalue weighted by atomic mass is 79.9. The Bertz CT molecular complexity index is 343. The molecule has 0 atom stereocenters. The van der Waals surface area contributed by atoms with Gasteiger partial charge in [-0.25, -0.2) is 4.98 Å². The summed E-state index contributed by atoms with van der Waals surface area (Å²) in [6, 6.07) is 1.95. The number of rotatable bonds is 5. The van der Waals surface area contributed by atoms with Crippen LogP contribution in [0.15, 0.2) is 16.7 Å². The standard InChI is InChI=1S/C12H19BrN2O/c1-4-12(5-2,8-16)15-11-10(13)9(3)6-7-14-11/h6-7,16H,4-5,8H2,1-3H3,(H,14,15). The van der Waals surface area contributed by atoms with Crippen LogP contribution >= 0.6 is 15.9 Å². The molecular weight excluding hydrogens is 268 g/mol. The van der Waals surface area contributed by atoms with E-state index >= 15 is 0 Å². The van der Waals surface area contributed by atoms with Gasteiger partial charge in [-0.05, 0) is 47.3 Å². The topological polar surface area (TPSA) is 45.1 Å². The monoisotopic (exact) mass is 286 g/mol. The van der Waals surface area contributed by atoms with Crippen LogP contribution in [0.1, 0.15) is 32.3 Å². The summed E-state index contributed by atoms with van der Waals surface area (Å²) in [6.07, 6.45) is 3.50. The molecule has 0 amide bonds. The van der Waals surface area contributed by atoms with Crippen LogP contribution in [0.5, 0.6) is 0 Å². The summed E-state index contributed by atoms with van der Waals surface area (Å²) in [5.41, 5.74) is 0.861. The van der Waals surface area contributed by atoms with Gasteiger partial charge in [-0.3, -0.25) is 0 Å². The van der Waals surface area contributed by atoms with Crippen molar-refractivity contribution >= 4 is 21.7 Å². The second-order valence-corrected chi connectivity index (χ2v) is 4.85. The Morgan fingerprint density at radius 2 is 2.06 bits per heavy atom. The molecule has 1 aromatic rings. The van der Waals surface area contributed by atoms with Crippen molar-refractivity contribution in [3.8, 4) is 0 Å². The zero-order chi connectivity index (χ0) is 12.2. The maximum absolute atomic E-state index is 9.49. The number of aryl methyl sites for hydroxylation is 1. The Morgan fingerprint density at radius 3 is 2.56 bits per heavy atom. The van der Waals surface area contributed by atoms with Gasteiger partial charge in [0.2, 0.25) is 0 Å². The average Bonchev–Trinajstić information content (AvgIpc) is 2.32. The van der Waals surface area contributed by atoms with Crippen LogP contribution in [0.4, 0.5) is 5.82 Å². The number of halogens is 1. The summed E-state index contributed by atoms with van der Waals surface area (Å²) in [5.74, 6) is 0.803. The van der Waals surface area contributed by atoms with Gasteiger partial charge in [0.25, 0.3) is 0 Å². The van der Waals surface area contributed by atoms with Gasteiger partial charge >= 0.3 is 0 Å². The highest BCUT2D eigenvalue weighted by Gasteiger charge is 2.26. The van der Waals surface area contributed by atoms with E-state index in [9.17, 15) is 5.11 Å². The van der Waals surface area contributed by atoms with Crippen LogP contribution in [0, 0.1) is 6.92 Å². The van der Waals surface area contributed by atoms with Crippen molar-refractivity contribution in [3.05, 3.63) is 22.3 Å². The van der Waals surface area contributed by atoms with Crippen molar-refractivity contribution in [1.82, 2.24) is 4.98 Å². The number of hydrogen-bond donors (Lipinski definition) is 2. The van der Waals surface area contributed by atoms with Crippen LogP contribution in [-0.2, 0) is 0 Å². The number of nitrogens with zero attached hydrogens (tertiary/aromatic N) is 1. The number of anilines is 1. The fraction of sp³-hybridized carbons (Fsp3) is 0.583. The zero-order valence-electron chi connectivity index (χ0n) is 10.0. The van der Waals surface area contributed by atoms with Gasteiger partial charge in [-0.1, -0.05) is 13.8 Å². The number of aliphatic hydroxyl groups is 1. The van der Waals surface area contributed by atoms with Crippen LogP contribution in [0.3, 0.4) is 0 Å². The van der Waals surface area contributed by atoms with Crippen molar-refractivity contribution in [2.24, 2.45) is 0 Å². The number of aliphatic hydroxyl groups excluding tert-OH is 1. The summed E-state index contributed by atoms with van der Waals surface area (Å²) in [6.45, 7) is 6.27. The minimum Gasteiger partial charge on any atom is -0.394 e. The third kappa shape index (κ3) is 2.74. The first-order valence-corrected chi connectivity index (χ1v) is 6.38. The van der Waals surface area contributed by atoms with E-state index in [1.165, 1.54) is 0 Å². The molecule has 4 heteroatoms. The first kappa shape index (κ1) is 13.5. The van der Waals surface area contributed by atoms with Crippen LogP contribution < -0.4 is 5.32 Å². The molecule has 0 aromatic carbocycles. The highest BCUT2D eigenvalue weighted by molar-refractivity contribution is 9.10. The molecule has 0 aliphatic carbocycles. The summed E-state index contributed by atoms with van der Waals surface area (Å²) in [7, 11) is 0. The fourth-order valence-corrected chi connectivity index (χ4v) is 1.90. The number of nitrogens with one attached hydrogen (secondary N) is 1. The molecule has 2 N–H and O–H groups in total. The second-order valence-electron chi connectivity index (χ2n) is 4.06. The lowest BCUT2D eigenvalue weighted by molar-refractivity contribution is 0.202. The van der Waals surface area contributed by atoms with E-state index < -0.39 is 0 Å². The average molecular weight is 287 g/mol. The molecule has 1 rings (SSSR count). The normalized spacial score (nSPS) is 11.6. The Balaban J connectivity index is 2.98. The minimum atomic E-state index is -0.274. The molecule has 0 spiro atoms. The van der Waals surface area contributed by atoms with Gasteiger partial charge in [0.15, 0.2) is 0 Å². The molecule has 0 saturated carbocycles. The van der Waals surface area contributed by atoms with Crippen LogP contribution in [-0.4, -0.2) is 22.2 Å². The lowest BCUT2D eigenvalue weighted by atomic mass is 9.94. The van der Waals surface area contributed by atoms with Crippen molar-refractivity contribution in [3.63, 3.8) is 0 Å². The molecule has 0 bridgehead atoms. The Labute approximate surface area is 105 Å². The molecular formula is C12H19BrN2O. The van der Waals surface area contributed by atoms with E-state index in [1.807, 2.05) is 13.0 Å². The predicted octanol–water partition coefficient (Wildman–Crippen LogP) is 3.12. The molecule has 0 radical (unpaired) electrons. The molecule has 0 unspecified atom stereocenters. The van der Waals surface area contributed by atoms with Gasteiger partial charge in [0, 0.05) is 6.20 Å². The zero-order valence-corrected chi connectivity index (χ0v) is 11.6. The SMILES string of the molecule is CCC(CC)(CO)Nc1nccc(C)c1Br. The molecule has 3 nitrogen and oxygen atoms in total. The maximum atomic E-state index is 9.49. The van der Waals surface area contributed by atoms with Gasteiger partial charge < -0.3 is 10.4 Å². The van der Waals surface area contributed by atoms with E-state index in [2.05, 4.69) is 40.1 Å². The van der Waals surface area contributed by atoms with E-state index in [1.54, 1.807) is 6.20 Å². The summed E-state index contributed by atoms with van der Waals surface area (Å²) >= 11 is 3.51. The number of hydrogen-bond acceptors (Lipinski definition) is 3. The van der Waals surface area contributed by atoms with E-state index in [4.69, 9.17) is 0 Å². The van der Waals surface area contributed by atoms with Gasteiger partial charge in [0.1, 0.15) is 5.82 Å². The third-order valence-electron chi connectivity index (χ3n) is 3.12. The first-order chi connectivity index (χ1) is 7.58. The smallest absolute Gasteiger partial charge is 0.141 e. The molecule has 0 fully saturated rings. The lowest BCUT2D eigenvalue weighted by Gasteiger charge is -2.31. The molecule has 0 aliphatic rings. The van der Waals surface area contributed by atoms with Crippen LogP contribution in [0.2, 0.25) is 0 Å². The molecule has 16 heavy (non-hydrogen) atoms. The molecule has 0 saturated heterocycles. The molecule has 90 valence electrons. The lowest BCUT2D eigenvalue weighted by Crippen LogP contribution is -2.41. The van der Waals surface area contributed by atoms with Crippen molar-refractivity contribution in [1.29, 1.82) is 0 Å². The van der Waals surface area contributed by atoms with Crippen molar-refractivity contribution in [2.45, 2.75) is 39.2 Å². The maximum Gasteiger partial charge on any atom is 0.141 e. The highest BCUT2D eigenvalue weighted by Crippen LogP contribution is 2.28. The predicted molar refractivity (Wildman–Crippen MR) is 70.7 cm³/mol. The minimum absolute atomic E-state index is 0.113.